The lowest BCUT2D eigenvalue weighted by Crippen LogP contribution is -2.69. The molecule has 2 rings (SSSR count). The number of nitrogens with zero attached hydrogens (tertiary/aromatic N) is 1. The number of carbonyl (C=O) groups is 2. The van der Waals surface area contributed by atoms with E-state index in [0.29, 0.717) is 19.6 Å². The third kappa shape index (κ3) is 1.36. The normalized spacial score (nSPS) is 32.5. The third-order valence-electron chi connectivity index (χ3n) is 2.63. The van der Waals surface area contributed by atoms with Gasteiger partial charge in [-0.05, 0) is 0 Å². The summed E-state index contributed by atoms with van der Waals surface area (Å²) >= 11 is 0. The van der Waals surface area contributed by atoms with Gasteiger partial charge >= 0.3 is 0 Å². The molecule has 14 heavy (non-hydrogen) atoms. The molecule has 0 aromatic heterocycles. The van der Waals surface area contributed by atoms with Crippen molar-refractivity contribution in [3.05, 3.63) is 0 Å². The summed E-state index contributed by atoms with van der Waals surface area (Å²) in [5, 5.41) is 14.4. The molecule has 6 nitrogen and oxygen atoms in total. The quantitative estimate of drug-likeness (QED) is 0.428. The Bertz CT molecular complexity index is 269. The number of piperazine rings is 2. The van der Waals surface area contributed by atoms with Crippen molar-refractivity contribution in [3.63, 3.8) is 0 Å². The number of hydrogen-bond donors (Lipinski definition) is 3. The van der Waals surface area contributed by atoms with Crippen LogP contribution >= 0.6 is 0 Å². The zero-order chi connectivity index (χ0) is 10.1. The van der Waals surface area contributed by atoms with Gasteiger partial charge in [-0.2, -0.15) is 0 Å². The second-order valence-corrected chi connectivity index (χ2v) is 3.50. The van der Waals surface area contributed by atoms with Crippen LogP contribution in [0.5, 0.6) is 0 Å². The molecule has 2 unspecified atom stereocenters. The lowest BCUT2D eigenvalue weighted by Gasteiger charge is -2.41. The van der Waals surface area contributed by atoms with Gasteiger partial charge in [0.05, 0.1) is 6.61 Å². The maximum atomic E-state index is 11.7. The Morgan fingerprint density at radius 2 is 2.29 bits per heavy atom. The summed E-state index contributed by atoms with van der Waals surface area (Å²) in [5.41, 5.74) is 0. The Morgan fingerprint density at radius 3 is 3.00 bits per heavy atom. The van der Waals surface area contributed by atoms with Gasteiger partial charge in [0, 0.05) is 19.6 Å². The van der Waals surface area contributed by atoms with Gasteiger partial charge in [-0.15, -0.1) is 0 Å². The van der Waals surface area contributed by atoms with Crippen molar-refractivity contribution in [2.75, 3.05) is 26.2 Å². The monoisotopic (exact) mass is 199 g/mol. The van der Waals surface area contributed by atoms with Crippen LogP contribution in [0.15, 0.2) is 0 Å². The summed E-state index contributed by atoms with van der Waals surface area (Å²) in [6.45, 7) is 1.40. The Labute approximate surface area is 81.3 Å². The third-order valence-corrected chi connectivity index (χ3v) is 2.63. The van der Waals surface area contributed by atoms with E-state index in [1.54, 1.807) is 0 Å². The first-order chi connectivity index (χ1) is 6.74. The van der Waals surface area contributed by atoms with Gasteiger partial charge in [0.2, 0.25) is 11.8 Å². The molecule has 0 aliphatic carbocycles. The first-order valence-electron chi connectivity index (χ1n) is 4.66. The molecule has 0 bridgehead atoms. The fourth-order valence-corrected chi connectivity index (χ4v) is 1.86. The zero-order valence-electron chi connectivity index (χ0n) is 7.69. The number of nitrogens with one attached hydrogen (secondary N) is 2. The fraction of sp³-hybridized carbons (Fsp3) is 0.750. The Balaban J connectivity index is 2.17. The van der Waals surface area contributed by atoms with Crippen molar-refractivity contribution in [1.29, 1.82) is 0 Å². The van der Waals surface area contributed by atoms with Crippen molar-refractivity contribution in [1.82, 2.24) is 15.5 Å². The number of aliphatic hydroxyl groups is 1. The van der Waals surface area contributed by atoms with Crippen molar-refractivity contribution in [3.8, 4) is 0 Å². The molecule has 0 aromatic rings. The lowest BCUT2D eigenvalue weighted by molar-refractivity contribution is -0.151. The molecular weight excluding hydrogens is 186 g/mol. The van der Waals surface area contributed by atoms with E-state index in [0.717, 1.165) is 0 Å². The second-order valence-electron chi connectivity index (χ2n) is 3.50. The van der Waals surface area contributed by atoms with Crippen LogP contribution in [-0.4, -0.2) is 60.1 Å². The van der Waals surface area contributed by atoms with E-state index in [2.05, 4.69) is 10.6 Å². The van der Waals surface area contributed by atoms with E-state index in [1.165, 1.54) is 4.90 Å². The Hall–Kier alpha value is -1.14. The van der Waals surface area contributed by atoms with E-state index < -0.39 is 12.1 Å². The predicted octanol–water partition coefficient (Wildman–Crippen LogP) is -2.72. The largest absolute Gasteiger partial charge is 0.394 e. The van der Waals surface area contributed by atoms with Gasteiger partial charge in [-0.1, -0.05) is 0 Å². The van der Waals surface area contributed by atoms with Gasteiger partial charge < -0.3 is 20.6 Å². The molecule has 6 heteroatoms. The number of rotatable bonds is 1. The van der Waals surface area contributed by atoms with E-state index in [-0.39, 0.29) is 18.4 Å². The highest BCUT2D eigenvalue weighted by Gasteiger charge is 2.41. The molecule has 2 amide bonds. The van der Waals surface area contributed by atoms with Crippen molar-refractivity contribution < 1.29 is 14.7 Å². The summed E-state index contributed by atoms with van der Waals surface area (Å²) in [7, 11) is 0. The Kier molecular flexibility index (Phi) is 2.39. The average molecular weight is 199 g/mol. The maximum absolute atomic E-state index is 11.7. The number of carbonyl (C=O) groups excluding carboxylic acids is 2. The minimum atomic E-state index is -0.753. The lowest BCUT2D eigenvalue weighted by atomic mass is 10.1. The molecule has 0 saturated carbocycles. The van der Waals surface area contributed by atoms with Gasteiger partial charge in [-0.25, -0.2) is 0 Å². The van der Waals surface area contributed by atoms with Gasteiger partial charge in [0.1, 0.15) is 12.1 Å². The molecule has 2 heterocycles. The first-order valence-corrected chi connectivity index (χ1v) is 4.66. The van der Waals surface area contributed by atoms with Crippen LogP contribution < -0.4 is 10.6 Å². The number of amides is 2. The maximum Gasteiger partial charge on any atom is 0.248 e. The van der Waals surface area contributed by atoms with Crippen LogP contribution in [0.1, 0.15) is 0 Å². The summed E-state index contributed by atoms with van der Waals surface area (Å²) < 4.78 is 0. The molecule has 3 N–H and O–H groups in total. The minimum absolute atomic E-state index is 0.182. The van der Waals surface area contributed by atoms with Crippen molar-refractivity contribution in [2.45, 2.75) is 12.1 Å². The summed E-state index contributed by atoms with van der Waals surface area (Å²) in [6, 6.07) is -1.16. The topological polar surface area (TPSA) is 81.7 Å². The standard InChI is InChI=1S/C8H13N3O3/c12-4-5-8(14)11-2-1-9-3-6(11)7(13)10-5/h5-6,9,12H,1-4H2,(H,10,13). The van der Waals surface area contributed by atoms with E-state index in [1.807, 2.05) is 0 Å². The highest BCUT2D eigenvalue weighted by Crippen LogP contribution is 2.11. The Morgan fingerprint density at radius 1 is 1.50 bits per heavy atom. The molecule has 78 valence electrons. The molecule has 2 fully saturated rings. The molecule has 2 aliphatic rings. The highest BCUT2D eigenvalue weighted by atomic mass is 16.3. The van der Waals surface area contributed by atoms with Crippen LogP contribution in [0.2, 0.25) is 0 Å². The second kappa shape index (κ2) is 3.55. The number of hydrogen-bond acceptors (Lipinski definition) is 4. The van der Waals surface area contributed by atoms with Crippen molar-refractivity contribution >= 4 is 11.8 Å². The first kappa shape index (κ1) is 9.42. The van der Waals surface area contributed by atoms with Crippen LogP contribution in [-0.2, 0) is 9.59 Å². The smallest absolute Gasteiger partial charge is 0.248 e. The zero-order valence-corrected chi connectivity index (χ0v) is 7.69. The summed E-state index contributed by atoms with van der Waals surface area (Å²) in [5.74, 6) is -0.366. The van der Waals surface area contributed by atoms with Gasteiger partial charge in [0.15, 0.2) is 0 Å². The van der Waals surface area contributed by atoms with Crippen LogP contribution in [0.3, 0.4) is 0 Å². The van der Waals surface area contributed by atoms with Gasteiger partial charge in [0.25, 0.3) is 0 Å². The fourth-order valence-electron chi connectivity index (χ4n) is 1.86. The van der Waals surface area contributed by atoms with E-state index >= 15 is 0 Å². The molecule has 0 radical (unpaired) electrons. The summed E-state index contributed by atoms with van der Waals surface area (Å²) in [4.78, 5) is 24.7. The van der Waals surface area contributed by atoms with Crippen molar-refractivity contribution in [2.24, 2.45) is 0 Å². The summed E-state index contributed by atoms with van der Waals surface area (Å²) in [6.07, 6.45) is 0. The molecule has 2 aliphatic heterocycles. The van der Waals surface area contributed by atoms with Crippen LogP contribution in [0.4, 0.5) is 0 Å². The molecule has 0 aromatic carbocycles. The predicted molar refractivity (Wildman–Crippen MR) is 47.4 cm³/mol. The molecule has 2 saturated heterocycles. The average Bonchev–Trinajstić information content (AvgIpc) is 2.23. The molecule has 2 atom stereocenters. The molecular formula is C8H13N3O3. The van der Waals surface area contributed by atoms with Crippen LogP contribution in [0.25, 0.3) is 0 Å². The van der Waals surface area contributed by atoms with E-state index in [9.17, 15) is 9.59 Å². The van der Waals surface area contributed by atoms with Crippen LogP contribution in [0, 0.1) is 0 Å². The minimum Gasteiger partial charge on any atom is -0.394 e. The number of aliphatic hydroxyl groups excluding tert-OH is 1. The molecule has 0 spiro atoms. The van der Waals surface area contributed by atoms with E-state index in [4.69, 9.17) is 5.11 Å². The highest BCUT2D eigenvalue weighted by molar-refractivity contribution is 5.97. The SMILES string of the molecule is O=C1NC(CO)C(=O)N2CCNCC12. The van der Waals surface area contributed by atoms with Gasteiger partial charge in [-0.3, -0.25) is 9.59 Å². The number of fused-ring (bicyclic) bond motifs is 1.